The fourth-order valence-electron chi connectivity index (χ4n) is 3.51. The van der Waals surface area contributed by atoms with Crippen LogP contribution in [-0.2, 0) is 6.54 Å². The fourth-order valence-corrected chi connectivity index (χ4v) is 3.51. The third-order valence-corrected chi connectivity index (χ3v) is 4.83. The van der Waals surface area contributed by atoms with Crippen molar-refractivity contribution in [1.29, 1.82) is 0 Å². The Labute approximate surface area is 151 Å². The fraction of sp³-hybridized carbons (Fsp3) is 0.368. The SMILES string of the molecule is Cc1cc(C(=O)N2CCCC2c2ncc(C)n2Cc2ccncc2)no1. The highest BCUT2D eigenvalue weighted by Crippen LogP contribution is 2.33. The summed E-state index contributed by atoms with van der Waals surface area (Å²) in [7, 11) is 0. The standard InChI is InChI=1S/C19H21N5O2/c1-13-11-21-18(24(13)12-15-5-7-20-8-6-15)17-4-3-9-23(17)19(25)16-10-14(2)26-22-16/h5-8,10-11,17H,3-4,9,12H2,1-2H3. The van der Waals surface area contributed by atoms with E-state index in [1.165, 1.54) is 0 Å². The molecule has 1 saturated heterocycles. The van der Waals surface area contributed by atoms with Gasteiger partial charge in [0.1, 0.15) is 11.6 Å². The van der Waals surface area contributed by atoms with E-state index in [-0.39, 0.29) is 11.9 Å². The number of likely N-dealkylation sites (tertiary alicyclic amines) is 1. The number of carbonyl (C=O) groups excluding carboxylic acids is 1. The molecule has 4 rings (SSSR count). The summed E-state index contributed by atoms with van der Waals surface area (Å²) < 4.78 is 7.25. The second-order valence-corrected chi connectivity index (χ2v) is 6.68. The van der Waals surface area contributed by atoms with Gasteiger partial charge in [0.25, 0.3) is 5.91 Å². The minimum Gasteiger partial charge on any atom is -0.361 e. The maximum Gasteiger partial charge on any atom is 0.276 e. The molecule has 0 aromatic carbocycles. The average molecular weight is 351 g/mol. The first-order valence-electron chi connectivity index (χ1n) is 8.78. The Kier molecular flexibility index (Phi) is 4.28. The first-order chi connectivity index (χ1) is 12.6. The molecule has 26 heavy (non-hydrogen) atoms. The van der Waals surface area contributed by atoms with Gasteiger partial charge in [-0.15, -0.1) is 0 Å². The van der Waals surface area contributed by atoms with Gasteiger partial charge in [-0.05, 0) is 44.4 Å². The van der Waals surface area contributed by atoms with Crippen molar-refractivity contribution in [3.8, 4) is 0 Å². The van der Waals surface area contributed by atoms with Crippen molar-refractivity contribution in [3.05, 3.63) is 65.3 Å². The van der Waals surface area contributed by atoms with Crippen molar-refractivity contribution in [2.45, 2.75) is 39.3 Å². The second-order valence-electron chi connectivity index (χ2n) is 6.68. The molecule has 3 aromatic rings. The topological polar surface area (TPSA) is 77.1 Å². The minimum absolute atomic E-state index is 0.0463. The van der Waals surface area contributed by atoms with Crippen molar-refractivity contribution in [2.24, 2.45) is 0 Å². The first kappa shape index (κ1) is 16.5. The maximum absolute atomic E-state index is 12.9. The Balaban J connectivity index is 1.63. The highest BCUT2D eigenvalue weighted by atomic mass is 16.5. The average Bonchev–Trinajstić information content (AvgIpc) is 3.37. The summed E-state index contributed by atoms with van der Waals surface area (Å²) in [5.41, 5.74) is 2.59. The van der Waals surface area contributed by atoms with Crippen LogP contribution in [0.2, 0.25) is 0 Å². The normalized spacial score (nSPS) is 17.0. The van der Waals surface area contributed by atoms with Gasteiger partial charge in [0.15, 0.2) is 5.69 Å². The number of hydrogen-bond donors (Lipinski definition) is 0. The lowest BCUT2D eigenvalue weighted by Crippen LogP contribution is -2.32. The van der Waals surface area contributed by atoms with Gasteiger partial charge >= 0.3 is 0 Å². The third kappa shape index (κ3) is 3.00. The zero-order valence-corrected chi connectivity index (χ0v) is 14.9. The van der Waals surface area contributed by atoms with Crippen molar-refractivity contribution in [1.82, 2.24) is 24.6 Å². The summed E-state index contributed by atoms with van der Waals surface area (Å²) in [6, 6.07) is 5.64. The van der Waals surface area contributed by atoms with E-state index in [4.69, 9.17) is 4.52 Å². The Bertz CT molecular complexity index is 915. The van der Waals surface area contributed by atoms with Crippen molar-refractivity contribution >= 4 is 5.91 Å². The molecule has 0 spiro atoms. The molecule has 134 valence electrons. The number of imidazole rings is 1. The summed E-state index contributed by atoms with van der Waals surface area (Å²) in [6.45, 7) is 5.25. The van der Waals surface area contributed by atoms with E-state index in [1.54, 1.807) is 25.4 Å². The van der Waals surface area contributed by atoms with E-state index >= 15 is 0 Å². The van der Waals surface area contributed by atoms with Crippen molar-refractivity contribution in [2.75, 3.05) is 6.54 Å². The highest BCUT2D eigenvalue weighted by Gasteiger charge is 2.35. The van der Waals surface area contributed by atoms with Crippen LogP contribution in [0.5, 0.6) is 0 Å². The number of rotatable bonds is 4. The van der Waals surface area contributed by atoms with Crippen LogP contribution in [0.15, 0.2) is 41.3 Å². The Morgan fingerprint density at radius 2 is 2.12 bits per heavy atom. The molecular weight excluding hydrogens is 330 g/mol. The predicted octanol–water partition coefficient (Wildman–Crippen LogP) is 2.91. The predicted molar refractivity (Wildman–Crippen MR) is 94.6 cm³/mol. The van der Waals surface area contributed by atoms with Crippen LogP contribution in [0, 0.1) is 13.8 Å². The molecule has 3 aromatic heterocycles. The van der Waals surface area contributed by atoms with E-state index in [1.807, 2.05) is 30.2 Å². The number of hydrogen-bond acceptors (Lipinski definition) is 5. The van der Waals surface area contributed by atoms with E-state index < -0.39 is 0 Å². The molecule has 1 aliphatic rings. The Morgan fingerprint density at radius 1 is 1.31 bits per heavy atom. The zero-order valence-electron chi connectivity index (χ0n) is 14.9. The van der Waals surface area contributed by atoms with Crippen LogP contribution < -0.4 is 0 Å². The zero-order chi connectivity index (χ0) is 18.1. The lowest BCUT2D eigenvalue weighted by Gasteiger charge is -2.24. The number of nitrogens with zero attached hydrogens (tertiary/aromatic N) is 5. The van der Waals surface area contributed by atoms with Gasteiger partial charge in [0.2, 0.25) is 0 Å². The molecule has 1 fully saturated rings. The van der Waals surface area contributed by atoms with Crippen LogP contribution >= 0.6 is 0 Å². The van der Waals surface area contributed by atoms with Crippen LogP contribution in [0.3, 0.4) is 0 Å². The molecule has 1 amide bonds. The van der Waals surface area contributed by atoms with E-state index in [2.05, 4.69) is 19.7 Å². The second kappa shape index (κ2) is 6.74. The van der Waals surface area contributed by atoms with E-state index in [9.17, 15) is 4.79 Å². The molecule has 1 aliphatic heterocycles. The molecular formula is C19H21N5O2. The molecule has 0 N–H and O–H groups in total. The summed E-state index contributed by atoms with van der Waals surface area (Å²) in [5, 5.41) is 3.88. The van der Waals surface area contributed by atoms with Crippen molar-refractivity contribution in [3.63, 3.8) is 0 Å². The summed E-state index contributed by atoms with van der Waals surface area (Å²) in [4.78, 5) is 23.5. The molecule has 1 unspecified atom stereocenters. The molecule has 1 atom stereocenters. The molecule has 7 heteroatoms. The third-order valence-electron chi connectivity index (χ3n) is 4.83. The Morgan fingerprint density at radius 3 is 2.85 bits per heavy atom. The molecule has 0 radical (unpaired) electrons. The summed E-state index contributed by atoms with van der Waals surface area (Å²) >= 11 is 0. The number of pyridine rings is 1. The van der Waals surface area contributed by atoms with Crippen LogP contribution in [-0.4, -0.2) is 37.0 Å². The van der Waals surface area contributed by atoms with Crippen LogP contribution in [0.25, 0.3) is 0 Å². The number of aryl methyl sites for hydroxylation is 2. The lowest BCUT2D eigenvalue weighted by atomic mass is 10.2. The summed E-state index contributed by atoms with van der Waals surface area (Å²) in [5.74, 6) is 1.46. The largest absolute Gasteiger partial charge is 0.361 e. The quantitative estimate of drug-likeness (QED) is 0.722. The van der Waals surface area contributed by atoms with Gasteiger partial charge in [-0.3, -0.25) is 9.78 Å². The monoisotopic (exact) mass is 351 g/mol. The molecule has 0 bridgehead atoms. The first-order valence-corrected chi connectivity index (χ1v) is 8.78. The van der Waals surface area contributed by atoms with Crippen LogP contribution in [0.4, 0.5) is 0 Å². The number of carbonyl (C=O) groups is 1. The van der Waals surface area contributed by atoms with Gasteiger partial charge in [-0.2, -0.15) is 0 Å². The van der Waals surface area contributed by atoms with Gasteiger partial charge < -0.3 is 14.0 Å². The smallest absolute Gasteiger partial charge is 0.276 e. The van der Waals surface area contributed by atoms with Gasteiger partial charge in [0, 0.05) is 43.4 Å². The number of amides is 1. The Hall–Kier alpha value is -2.96. The highest BCUT2D eigenvalue weighted by molar-refractivity contribution is 5.92. The van der Waals surface area contributed by atoms with Crippen LogP contribution in [0.1, 0.15) is 52.2 Å². The molecule has 7 nitrogen and oxygen atoms in total. The summed E-state index contributed by atoms with van der Waals surface area (Å²) in [6.07, 6.45) is 7.31. The van der Waals surface area contributed by atoms with Gasteiger partial charge in [0.05, 0.1) is 6.04 Å². The van der Waals surface area contributed by atoms with E-state index in [0.29, 0.717) is 24.5 Å². The minimum atomic E-state index is -0.0968. The molecule has 0 aliphatic carbocycles. The van der Waals surface area contributed by atoms with Gasteiger partial charge in [-0.1, -0.05) is 5.16 Å². The number of aromatic nitrogens is 4. The molecule has 4 heterocycles. The van der Waals surface area contributed by atoms with Gasteiger partial charge in [-0.25, -0.2) is 4.98 Å². The van der Waals surface area contributed by atoms with E-state index in [0.717, 1.165) is 29.9 Å². The maximum atomic E-state index is 12.9. The van der Waals surface area contributed by atoms with Crippen molar-refractivity contribution < 1.29 is 9.32 Å². The molecule has 0 saturated carbocycles. The lowest BCUT2D eigenvalue weighted by molar-refractivity contribution is 0.0717.